The maximum absolute atomic E-state index is 12.8. The first-order chi connectivity index (χ1) is 14.0. The summed E-state index contributed by atoms with van der Waals surface area (Å²) in [6.07, 6.45) is 2.99. The van der Waals surface area contributed by atoms with E-state index >= 15 is 0 Å². The van der Waals surface area contributed by atoms with Gasteiger partial charge in [-0.05, 0) is 53.5 Å². The molecule has 0 aliphatic rings. The first-order valence-electron chi connectivity index (χ1n) is 9.35. The lowest BCUT2D eigenvalue weighted by atomic mass is 9.99. The van der Waals surface area contributed by atoms with Crippen molar-refractivity contribution in [2.45, 2.75) is 13.5 Å². The van der Waals surface area contributed by atoms with Crippen molar-refractivity contribution in [3.8, 4) is 11.1 Å². The highest BCUT2D eigenvalue weighted by atomic mass is 16.5. The van der Waals surface area contributed by atoms with Crippen LogP contribution in [0.1, 0.15) is 27.0 Å². The maximum atomic E-state index is 12.8. The van der Waals surface area contributed by atoms with Crippen LogP contribution in [0.3, 0.4) is 0 Å². The van der Waals surface area contributed by atoms with Gasteiger partial charge in [-0.1, -0.05) is 60.2 Å². The summed E-state index contributed by atoms with van der Waals surface area (Å²) in [6, 6.07) is 23.4. The van der Waals surface area contributed by atoms with E-state index < -0.39 is 5.97 Å². The van der Waals surface area contributed by atoms with Gasteiger partial charge in [-0.3, -0.25) is 4.79 Å². The maximum Gasteiger partial charge on any atom is 0.330 e. The van der Waals surface area contributed by atoms with Gasteiger partial charge in [0, 0.05) is 18.2 Å². The number of amides is 1. The van der Waals surface area contributed by atoms with E-state index in [9.17, 15) is 9.59 Å². The zero-order valence-electron chi connectivity index (χ0n) is 16.5. The smallest absolute Gasteiger partial charge is 0.330 e. The predicted molar refractivity (Wildman–Crippen MR) is 115 cm³/mol. The van der Waals surface area contributed by atoms with Gasteiger partial charge in [0.25, 0.3) is 5.91 Å². The number of nitrogens with one attached hydrogen (secondary N) is 1. The fourth-order valence-corrected chi connectivity index (χ4v) is 2.90. The molecule has 0 saturated heterocycles. The van der Waals surface area contributed by atoms with Crippen molar-refractivity contribution >= 4 is 18.0 Å². The molecule has 0 bridgehead atoms. The van der Waals surface area contributed by atoms with Crippen molar-refractivity contribution in [1.29, 1.82) is 0 Å². The Morgan fingerprint density at radius 3 is 2.34 bits per heavy atom. The van der Waals surface area contributed by atoms with Crippen LogP contribution in [0, 0.1) is 6.92 Å². The summed E-state index contributed by atoms with van der Waals surface area (Å²) in [4.78, 5) is 24.2. The Labute approximate surface area is 170 Å². The Kier molecular flexibility index (Phi) is 6.59. The largest absolute Gasteiger partial charge is 0.466 e. The molecule has 0 heterocycles. The van der Waals surface area contributed by atoms with Gasteiger partial charge in [-0.25, -0.2) is 4.79 Å². The fourth-order valence-electron chi connectivity index (χ4n) is 2.90. The van der Waals surface area contributed by atoms with E-state index in [-0.39, 0.29) is 5.91 Å². The van der Waals surface area contributed by atoms with E-state index in [0.29, 0.717) is 12.1 Å². The van der Waals surface area contributed by atoms with E-state index in [1.807, 2.05) is 73.7 Å². The molecule has 1 N–H and O–H groups in total. The van der Waals surface area contributed by atoms with Crippen molar-refractivity contribution in [1.82, 2.24) is 5.32 Å². The molecule has 29 heavy (non-hydrogen) atoms. The summed E-state index contributed by atoms with van der Waals surface area (Å²) < 4.78 is 4.66. The van der Waals surface area contributed by atoms with Crippen molar-refractivity contribution in [2.24, 2.45) is 0 Å². The van der Waals surface area contributed by atoms with Crippen LogP contribution in [0.5, 0.6) is 0 Å². The highest BCUT2D eigenvalue weighted by Gasteiger charge is 2.10. The Balaban J connectivity index is 1.87. The van der Waals surface area contributed by atoms with Crippen LogP contribution in [-0.2, 0) is 16.1 Å². The third-order valence-electron chi connectivity index (χ3n) is 4.51. The quantitative estimate of drug-likeness (QED) is 0.491. The molecular formula is C25H23NO3. The van der Waals surface area contributed by atoms with Gasteiger partial charge >= 0.3 is 5.97 Å². The molecule has 0 aliphatic carbocycles. The summed E-state index contributed by atoms with van der Waals surface area (Å²) >= 11 is 0. The summed E-state index contributed by atoms with van der Waals surface area (Å²) in [5.74, 6) is -0.614. The number of ether oxygens (including phenoxy) is 1. The first-order valence-corrected chi connectivity index (χ1v) is 9.35. The second-order valence-electron chi connectivity index (χ2n) is 6.73. The normalized spacial score (nSPS) is 10.7. The minimum atomic E-state index is -0.444. The molecule has 4 nitrogen and oxygen atoms in total. The van der Waals surface area contributed by atoms with Crippen LogP contribution in [-0.4, -0.2) is 19.0 Å². The van der Waals surface area contributed by atoms with Crippen LogP contribution in [0.25, 0.3) is 17.2 Å². The van der Waals surface area contributed by atoms with Crippen molar-refractivity contribution in [2.75, 3.05) is 7.11 Å². The van der Waals surface area contributed by atoms with E-state index in [1.165, 1.54) is 18.7 Å². The Bertz CT molecular complexity index is 1020. The molecule has 3 aromatic rings. The topological polar surface area (TPSA) is 55.4 Å². The minimum Gasteiger partial charge on any atom is -0.466 e. The number of rotatable bonds is 6. The van der Waals surface area contributed by atoms with E-state index in [4.69, 9.17) is 0 Å². The molecule has 0 radical (unpaired) electrons. The van der Waals surface area contributed by atoms with Crippen molar-refractivity contribution in [3.63, 3.8) is 0 Å². The van der Waals surface area contributed by atoms with Crippen LogP contribution in [0.15, 0.2) is 78.9 Å². The number of carbonyl (C=O) groups is 2. The molecule has 3 rings (SSSR count). The predicted octanol–water partition coefficient (Wildman–Crippen LogP) is 4.78. The van der Waals surface area contributed by atoms with Gasteiger partial charge in [-0.2, -0.15) is 0 Å². The Morgan fingerprint density at radius 1 is 0.931 bits per heavy atom. The van der Waals surface area contributed by atoms with Gasteiger partial charge in [0.05, 0.1) is 7.11 Å². The molecule has 0 aromatic heterocycles. The van der Waals surface area contributed by atoms with Crippen LogP contribution >= 0.6 is 0 Å². The number of hydrogen-bond donors (Lipinski definition) is 1. The molecule has 0 atom stereocenters. The fraction of sp³-hybridized carbons (Fsp3) is 0.120. The summed E-state index contributed by atoms with van der Waals surface area (Å²) in [5.41, 5.74) is 5.39. The van der Waals surface area contributed by atoms with Crippen LogP contribution in [0.2, 0.25) is 0 Å². The van der Waals surface area contributed by atoms with Gasteiger partial charge < -0.3 is 10.1 Å². The lowest BCUT2D eigenvalue weighted by Crippen LogP contribution is -2.22. The molecular weight excluding hydrogens is 362 g/mol. The van der Waals surface area contributed by atoms with Gasteiger partial charge in [0.2, 0.25) is 0 Å². The number of aryl methyl sites for hydroxylation is 1. The highest BCUT2D eigenvalue weighted by Crippen LogP contribution is 2.23. The SMILES string of the molecule is COC(=O)/C=C/c1cc(C(=O)NCc2ccc(C)cc2)cc(-c2ccccc2)c1. The minimum absolute atomic E-state index is 0.170. The Morgan fingerprint density at radius 2 is 1.66 bits per heavy atom. The van der Waals surface area contributed by atoms with E-state index in [0.717, 1.165) is 22.3 Å². The molecule has 0 saturated carbocycles. The zero-order chi connectivity index (χ0) is 20.6. The molecule has 0 aliphatic heterocycles. The molecule has 146 valence electrons. The molecule has 1 amide bonds. The van der Waals surface area contributed by atoms with Crippen LogP contribution < -0.4 is 5.32 Å². The van der Waals surface area contributed by atoms with E-state index in [2.05, 4.69) is 10.1 Å². The monoisotopic (exact) mass is 385 g/mol. The standard InChI is InChI=1S/C25H23NO3/c1-18-8-10-19(11-9-18)17-26-25(28)23-15-20(12-13-24(27)29-2)14-22(16-23)21-6-4-3-5-7-21/h3-16H,17H2,1-2H3,(H,26,28)/b13-12+. The van der Waals surface area contributed by atoms with Gasteiger partial charge in [-0.15, -0.1) is 0 Å². The number of esters is 1. The van der Waals surface area contributed by atoms with Crippen molar-refractivity contribution < 1.29 is 14.3 Å². The highest BCUT2D eigenvalue weighted by molar-refractivity contribution is 5.96. The lowest BCUT2D eigenvalue weighted by molar-refractivity contribution is -0.134. The third-order valence-corrected chi connectivity index (χ3v) is 4.51. The summed E-state index contributed by atoms with van der Waals surface area (Å²) in [6.45, 7) is 2.48. The molecule has 3 aromatic carbocycles. The molecule has 0 fully saturated rings. The Hall–Kier alpha value is -3.66. The number of benzene rings is 3. The molecule has 0 spiro atoms. The zero-order valence-corrected chi connectivity index (χ0v) is 16.5. The average Bonchev–Trinajstić information content (AvgIpc) is 2.77. The second-order valence-corrected chi connectivity index (χ2v) is 6.73. The third kappa shape index (κ3) is 5.66. The summed E-state index contributed by atoms with van der Waals surface area (Å²) in [7, 11) is 1.33. The molecule has 4 heteroatoms. The van der Waals surface area contributed by atoms with Crippen molar-refractivity contribution in [3.05, 3.63) is 101 Å². The number of methoxy groups -OCH3 is 1. The summed E-state index contributed by atoms with van der Waals surface area (Å²) in [5, 5.41) is 2.96. The molecule has 0 unspecified atom stereocenters. The van der Waals surface area contributed by atoms with Crippen LogP contribution in [0.4, 0.5) is 0 Å². The second kappa shape index (κ2) is 9.51. The van der Waals surface area contributed by atoms with Gasteiger partial charge in [0.1, 0.15) is 0 Å². The first kappa shape index (κ1) is 20.1. The van der Waals surface area contributed by atoms with E-state index in [1.54, 1.807) is 12.1 Å². The lowest BCUT2D eigenvalue weighted by Gasteiger charge is -2.10. The van der Waals surface area contributed by atoms with Gasteiger partial charge in [0.15, 0.2) is 0 Å². The number of hydrogen-bond acceptors (Lipinski definition) is 3. The number of carbonyl (C=O) groups excluding carboxylic acids is 2. The average molecular weight is 385 g/mol.